The summed E-state index contributed by atoms with van der Waals surface area (Å²) in [5, 5.41) is 3.06. The number of allylic oxidation sites excluding steroid dienone is 7. The maximum absolute atomic E-state index is 13.5. The Morgan fingerprint density at radius 2 is 0.782 bits per heavy atom. The van der Waals surface area contributed by atoms with Crippen LogP contribution in [0.3, 0.4) is 0 Å². The van der Waals surface area contributed by atoms with E-state index in [2.05, 4.69) is 62.5 Å². The standard InChI is InChI=1S/C68H129N2O7P/c1-7-10-13-16-19-22-25-28-30-31-32-33-34-35-36-37-38-39-41-43-46-49-52-55-58-61-68(72)77-66(59-56-53-50-47-44-27-24-21-18-15-12-9-3)65(64-76-78(73,74)75-63-62-70(4,5)6)69-67(71)60-57-54-51-48-45-42-40-29-26-23-20-17-14-11-8-2/h20,23,26,28-30,56,59,65-66H,7-19,21-22,24-25,27,31-55,57-58,60-64H2,1-6H3,(H-,69,71,73,74)/p+1/b23-20+,29-26+,30-28+,59-56-. The van der Waals surface area contributed by atoms with E-state index in [9.17, 15) is 19.0 Å². The highest BCUT2D eigenvalue weighted by molar-refractivity contribution is 7.47. The van der Waals surface area contributed by atoms with Crippen LogP contribution in [0.5, 0.6) is 0 Å². The summed E-state index contributed by atoms with van der Waals surface area (Å²) in [6.45, 7) is 7.00. The van der Waals surface area contributed by atoms with Gasteiger partial charge in [0.25, 0.3) is 0 Å². The van der Waals surface area contributed by atoms with Crippen LogP contribution in [0.15, 0.2) is 48.6 Å². The molecule has 0 aromatic carbocycles. The molecule has 9 nitrogen and oxygen atoms in total. The van der Waals surface area contributed by atoms with E-state index in [1.54, 1.807) is 0 Å². The minimum absolute atomic E-state index is 0.0387. The lowest BCUT2D eigenvalue weighted by Crippen LogP contribution is -2.47. The van der Waals surface area contributed by atoms with Gasteiger partial charge in [0.2, 0.25) is 5.91 Å². The van der Waals surface area contributed by atoms with E-state index in [-0.39, 0.29) is 25.1 Å². The first kappa shape index (κ1) is 76.0. The zero-order chi connectivity index (χ0) is 57.2. The van der Waals surface area contributed by atoms with Crippen molar-refractivity contribution in [1.82, 2.24) is 5.32 Å². The molecule has 0 spiro atoms. The molecule has 0 aliphatic rings. The second-order valence-electron chi connectivity index (χ2n) is 24.0. The fraction of sp³-hybridized carbons (Fsp3) is 0.853. The molecule has 0 rings (SSSR count). The van der Waals surface area contributed by atoms with Gasteiger partial charge in [-0.05, 0) is 83.1 Å². The molecule has 1 amide bonds. The summed E-state index contributed by atoms with van der Waals surface area (Å²) in [5.41, 5.74) is 0. The molecule has 0 saturated heterocycles. The third-order valence-corrected chi connectivity index (χ3v) is 16.0. The van der Waals surface area contributed by atoms with E-state index in [0.717, 1.165) is 77.0 Å². The number of phosphoric acid groups is 1. The average Bonchev–Trinajstić information content (AvgIpc) is 3.40. The fourth-order valence-corrected chi connectivity index (χ4v) is 10.5. The van der Waals surface area contributed by atoms with Gasteiger partial charge in [-0.15, -0.1) is 0 Å². The SMILES string of the molecule is CCCCC/C=C/C=C/CCCCCCCCC(=O)NC(COP(=O)(O)OCC[N+](C)(C)C)C(/C=C\CCCCCCCCCCCC)OC(=O)CCCCCCCCCCCCCCCCC/C=C/CCCCCCCC. The van der Waals surface area contributed by atoms with Crippen LogP contribution in [-0.2, 0) is 27.9 Å². The maximum Gasteiger partial charge on any atom is 0.472 e. The Morgan fingerprint density at radius 3 is 1.19 bits per heavy atom. The van der Waals surface area contributed by atoms with Gasteiger partial charge in [-0.3, -0.25) is 18.6 Å². The molecule has 2 N–H and O–H groups in total. The zero-order valence-corrected chi connectivity index (χ0v) is 53.3. The molecule has 0 aromatic heterocycles. The molecule has 0 bridgehead atoms. The van der Waals surface area contributed by atoms with Gasteiger partial charge in [0, 0.05) is 12.8 Å². The van der Waals surface area contributed by atoms with Crippen molar-refractivity contribution in [2.75, 3.05) is 40.9 Å². The van der Waals surface area contributed by atoms with Gasteiger partial charge in [0.15, 0.2) is 0 Å². The predicted octanol–water partition coefficient (Wildman–Crippen LogP) is 20.8. The summed E-state index contributed by atoms with van der Waals surface area (Å²) in [6, 6.07) is -0.853. The van der Waals surface area contributed by atoms with Crippen molar-refractivity contribution < 1.29 is 37.3 Å². The molecular weight excluding hydrogens is 988 g/mol. The molecule has 78 heavy (non-hydrogen) atoms. The van der Waals surface area contributed by atoms with Crippen LogP contribution in [0.2, 0.25) is 0 Å². The van der Waals surface area contributed by atoms with Gasteiger partial charge in [-0.1, -0.05) is 275 Å². The Bertz CT molecular complexity index is 1470. The molecule has 458 valence electrons. The van der Waals surface area contributed by atoms with Crippen LogP contribution in [0, 0.1) is 0 Å². The summed E-state index contributed by atoms with van der Waals surface area (Å²) in [7, 11) is 1.50. The highest BCUT2D eigenvalue weighted by Crippen LogP contribution is 2.43. The van der Waals surface area contributed by atoms with Crippen molar-refractivity contribution in [3.63, 3.8) is 0 Å². The van der Waals surface area contributed by atoms with Crippen LogP contribution in [0.1, 0.15) is 323 Å². The Kier molecular flexibility index (Phi) is 56.7. The second-order valence-corrected chi connectivity index (χ2v) is 25.5. The number of phosphoric ester groups is 1. The molecule has 0 radical (unpaired) electrons. The molecule has 3 atom stereocenters. The van der Waals surface area contributed by atoms with Crippen molar-refractivity contribution in [2.45, 2.75) is 335 Å². The molecule has 0 saturated carbocycles. The second kappa shape index (κ2) is 58.2. The van der Waals surface area contributed by atoms with E-state index >= 15 is 0 Å². The number of nitrogens with zero attached hydrogens (tertiary/aromatic N) is 1. The average molecular weight is 1120 g/mol. The fourth-order valence-electron chi connectivity index (χ4n) is 9.81. The van der Waals surface area contributed by atoms with Gasteiger partial charge in [0.05, 0.1) is 33.8 Å². The van der Waals surface area contributed by atoms with E-state index in [1.165, 1.54) is 212 Å². The van der Waals surface area contributed by atoms with Gasteiger partial charge in [-0.2, -0.15) is 0 Å². The molecule has 0 heterocycles. The lowest BCUT2D eigenvalue weighted by atomic mass is 10.0. The van der Waals surface area contributed by atoms with Crippen LogP contribution < -0.4 is 5.32 Å². The molecule has 10 heteroatoms. The largest absolute Gasteiger partial charge is 0.472 e. The summed E-state index contributed by atoms with van der Waals surface area (Å²) in [5.74, 6) is -0.507. The number of quaternary nitrogens is 1. The Hall–Kier alpha value is -2.03. The molecule has 0 aliphatic heterocycles. The number of carbonyl (C=O) groups excluding carboxylic acids is 2. The van der Waals surface area contributed by atoms with Crippen molar-refractivity contribution in [3.8, 4) is 0 Å². The Balaban J connectivity index is 5.07. The number of rotatable bonds is 61. The number of carbonyl (C=O) groups is 2. The van der Waals surface area contributed by atoms with Crippen LogP contribution >= 0.6 is 7.82 Å². The molecule has 0 aliphatic carbocycles. The number of hydrogen-bond donors (Lipinski definition) is 2. The van der Waals surface area contributed by atoms with E-state index < -0.39 is 20.0 Å². The van der Waals surface area contributed by atoms with Gasteiger partial charge < -0.3 is 19.4 Å². The predicted molar refractivity (Wildman–Crippen MR) is 337 cm³/mol. The first-order chi connectivity index (χ1) is 37.9. The minimum atomic E-state index is -4.45. The highest BCUT2D eigenvalue weighted by Gasteiger charge is 2.30. The van der Waals surface area contributed by atoms with Crippen LogP contribution in [-0.4, -0.2) is 74.3 Å². The number of esters is 1. The number of ether oxygens (including phenoxy) is 1. The van der Waals surface area contributed by atoms with E-state index in [4.69, 9.17) is 13.8 Å². The van der Waals surface area contributed by atoms with E-state index in [0.29, 0.717) is 23.9 Å². The van der Waals surface area contributed by atoms with Crippen LogP contribution in [0.4, 0.5) is 0 Å². The molecule has 3 unspecified atom stereocenters. The Morgan fingerprint density at radius 1 is 0.449 bits per heavy atom. The maximum atomic E-state index is 13.5. The summed E-state index contributed by atoms with van der Waals surface area (Å²) < 4.78 is 30.7. The molecular formula is C68H130N2O7P+. The van der Waals surface area contributed by atoms with Crippen molar-refractivity contribution >= 4 is 19.7 Å². The summed E-state index contributed by atoms with van der Waals surface area (Å²) >= 11 is 0. The normalized spacial score (nSPS) is 13.9. The van der Waals surface area contributed by atoms with E-state index in [1.807, 2.05) is 33.3 Å². The highest BCUT2D eigenvalue weighted by atomic mass is 31.2. The topological polar surface area (TPSA) is 111 Å². The molecule has 0 aromatic rings. The molecule has 0 fully saturated rings. The third kappa shape index (κ3) is 58.6. The monoisotopic (exact) mass is 1120 g/mol. The number of nitrogens with one attached hydrogen (secondary N) is 1. The van der Waals surface area contributed by atoms with Crippen LogP contribution in [0.25, 0.3) is 0 Å². The number of amides is 1. The van der Waals surface area contributed by atoms with Gasteiger partial charge in [0.1, 0.15) is 19.3 Å². The number of likely N-dealkylation sites (N-methyl/N-ethyl adjacent to an activating group) is 1. The lowest BCUT2D eigenvalue weighted by Gasteiger charge is -2.27. The zero-order valence-electron chi connectivity index (χ0n) is 52.4. The number of unbranched alkanes of at least 4 members (excludes halogenated alkanes) is 40. The third-order valence-electron chi connectivity index (χ3n) is 15.0. The Labute approximate surface area is 484 Å². The minimum Gasteiger partial charge on any atom is -0.456 e. The first-order valence-corrected chi connectivity index (χ1v) is 35.0. The smallest absolute Gasteiger partial charge is 0.456 e. The first-order valence-electron chi connectivity index (χ1n) is 33.5. The van der Waals surface area contributed by atoms with Crippen molar-refractivity contribution in [3.05, 3.63) is 48.6 Å². The van der Waals surface area contributed by atoms with Gasteiger partial charge >= 0.3 is 13.8 Å². The van der Waals surface area contributed by atoms with Crippen molar-refractivity contribution in [1.29, 1.82) is 0 Å². The summed E-state index contributed by atoms with van der Waals surface area (Å²) in [4.78, 5) is 37.8. The van der Waals surface area contributed by atoms with Gasteiger partial charge in [-0.25, -0.2) is 4.57 Å². The summed E-state index contributed by atoms with van der Waals surface area (Å²) in [6.07, 6.45) is 72.6. The quantitative estimate of drug-likeness (QED) is 0.0156. The number of hydrogen-bond acceptors (Lipinski definition) is 6. The van der Waals surface area contributed by atoms with Crippen molar-refractivity contribution in [2.24, 2.45) is 0 Å². The lowest BCUT2D eigenvalue weighted by molar-refractivity contribution is -0.870.